The van der Waals surface area contributed by atoms with E-state index >= 15 is 0 Å². The predicted octanol–water partition coefficient (Wildman–Crippen LogP) is 4.11. The van der Waals surface area contributed by atoms with Crippen molar-refractivity contribution in [2.45, 2.75) is 25.8 Å². The highest BCUT2D eigenvalue weighted by Gasteiger charge is 2.42. The minimum absolute atomic E-state index is 0.00435. The van der Waals surface area contributed by atoms with E-state index in [4.69, 9.17) is 21.0 Å². The molecule has 9 heteroatoms. The van der Waals surface area contributed by atoms with Crippen LogP contribution in [0, 0.1) is 12.8 Å². The molecule has 0 N–H and O–H groups in total. The SMILES string of the molecule is Cc1ccc(-n2nccn2)c(C(=O)N2CC3CCCN(c4nc5cc(Cl)ccc5o4)C3C2)c1. The molecule has 33 heavy (non-hydrogen) atoms. The lowest BCUT2D eigenvalue weighted by Gasteiger charge is -2.35. The van der Waals surface area contributed by atoms with E-state index in [0.717, 1.165) is 36.0 Å². The number of rotatable bonds is 3. The van der Waals surface area contributed by atoms with Crippen molar-refractivity contribution < 1.29 is 9.21 Å². The Kier molecular flexibility index (Phi) is 4.83. The summed E-state index contributed by atoms with van der Waals surface area (Å²) in [7, 11) is 0. The number of carbonyl (C=O) groups excluding carboxylic acids is 1. The minimum Gasteiger partial charge on any atom is -0.423 e. The maximum absolute atomic E-state index is 13.7. The van der Waals surface area contributed by atoms with Gasteiger partial charge in [-0.3, -0.25) is 4.79 Å². The monoisotopic (exact) mass is 462 g/mol. The first-order valence-electron chi connectivity index (χ1n) is 11.2. The van der Waals surface area contributed by atoms with Crippen molar-refractivity contribution >= 4 is 34.6 Å². The molecular weight excluding hydrogens is 440 g/mol. The molecule has 0 spiro atoms. The van der Waals surface area contributed by atoms with E-state index in [1.807, 2.05) is 48.2 Å². The summed E-state index contributed by atoms with van der Waals surface area (Å²) < 4.78 is 6.07. The normalized spacial score (nSPS) is 20.4. The molecule has 4 aromatic rings. The van der Waals surface area contributed by atoms with E-state index in [2.05, 4.69) is 15.1 Å². The zero-order chi connectivity index (χ0) is 22.5. The molecule has 2 saturated heterocycles. The Morgan fingerprint density at radius 3 is 2.82 bits per heavy atom. The van der Waals surface area contributed by atoms with Crippen LogP contribution in [-0.4, -0.2) is 56.5 Å². The Morgan fingerprint density at radius 2 is 1.97 bits per heavy atom. The third-order valence-electron chi connectivity index (χ3n) is 6.67. The third kappa shape index (κ3) is 3.54. The number of likely N-dealkylation sites (tertiary alicyclic amines) is 1. The van der Waals surface area contributed by atoms with Crippen molar-refractivity contribution in [2.24, 2.45) is 5.92 Å². The van der Waals surface area contributed by atoms with Gasteiger partial charge in [-0.1, -0.05) is 23.2 Å². The summed E-state index contributed by atoms with van der Waals surface area (Å²) in [5.41, 5.74) is 3.81. The maximum Gasteiger partial charge on any atom is 0.298 e. The fourth-order valence-corrected chi connectivity index (χ4v) is 5.27. The fraction of sp³-hybridized carbons (Fsp3) is 0.333. The van der Waals surface area contributed by atoms with Crippen LogP contribution in [0.5, 0.6) is 0 Å². The van der Waals surface area contributed by atoms with Gasteiger partial charge < -0.3 is 14.2 Å². The van der Waals surface area contributed by atoms with E-state index in [1.165, 1.54) is 4.80 Å². The number of oxazole rings is 1. The van der Waals surface area contributed by atoms with Crippen molar-refractivity contribution in [2.75, 3.05) is 24.5 Å². The Bertz CT molecular complexity index is 1330. The van der Waals surface area contributed by atoms with Crippen LogP contribution in [0.1, 0.15) is 28.8 Å². The van der Waals surface area contributed by atoms with Crippen LogP contribution >= 0.6 is 11.6 Å². The highest BCUT2D eigenvalue weighted by Crippen LogP contribution is 2.36. The van der Waals surface area contributed by atoms with Crippen molar-refractivity contribution in [1.82, 2.24) is 24.9 Å². The van der Waals surface area contributed by atoms with Gasteiger partial charge in [-0.2, -0.15) is 20.0 Å². The second-order valence-electron chi connectivity index (χ2n) is 8.82. The number of piperidine rings is 1. The molecule has 2 aliphatic rings. The molecule has 2 unspecified atom stereocenters. The highest BCUT2D eigenvalue weighted by atomic mass is 35.5. The second kappa shape index (κ2) is 7.88. The smallest absolute Gasteiger partial charge is 0.298 e. The maximum atomic E-state index is 13.7. The minimum atomic E-state index is 0.00435. The fourth-order valence-electron chi connectivity index (χ4n) is 5.10. The molecule has 168 valence electrons. The number of carbonyl (C=O) groups is 1. The number of anilines is 1. The van der Waals surface area contributed by atoms with E-state index in [-0.39, 0.29) is 11.9 Å². The first-order chi connectivity index (χ1) is 16.1. The number of halogens is 1. The van der Waals surface area contributed by atoms with Crippen molar-refractivity contribution in [3.05, 3.63) is 64.9 Å². The average molecular weight is 463 g/mol. The highest BCUT2D eigenvalue weighted by molar-refractivity contribution is 6.31. The molecule has 0 radical (unpaired) electrons. The van der Waals surface area contributed by atoms with Gasteiger partial charge >= 0.3 is 0 Å². The Labute approximate surface area is 195 Å². The van der Waals surface area contributed by atoms with Gasteiger partial charge in [0.25, 0.3) is 11.9 Å². The largest absolute Gasteiger partial charge is 0.423 e. The molecule has 0 aliphatic carbocycles. The van der Waals surface area contributed by atoms with Crippen LogP contribution in [0.15, 0.2) is 53.2 Å². The topological polar surface area (TPSA) is 80.3 Å². The van der Waals surface area contributed by atoms with Crippen molar-refractivity contribution in [3.63, 3.8) is 0 Å². The van der Waals surface area contributed by atoms with Crippen LogP contribution in [0.25, 0.3) is 16.8 Å². The summed E-state index contributed by atoms with van der Waals surface area (Å²) in [6.45, 7) is 4.19. The summed E-state index contributed by atoms with van der Waals surface area (Å²) >= 11 is 6.13. The van der Waals surface area contributed by atoms with Gasteiger partial charge in [-0.15, -0.1) is 0 Å². The van der Waals surface area contributed by atoms with Gasteiger partial charge in [-0.05, 0) is 56.0 Å². The average Bonchev–Trinajstić information content (AvgIpc) is 3.56. The Balaban J connectivity index is 1.29. The molecule has 8 nitrogen and oxygen atoms in total. The lowest BCUT2D eigenvalue weighted by molar-refractivity contribution is 0.0785. The van der Waals surface area contributed by atoms with E-state index < -0.39 is 0 Å². The standard InChI is InChI=1S/C24H23ClN6O2/c1-15-4-6-20(31-26-8-9-27-31)18(11-15)23(32)29-13-16-3-2-10-30(21(16)14-29)24-28-19-12-17(25)5-7-22(19)33-24/h4-9,11-12,16,21H,2-3,10,13-14H2,1H3. The van der Waals surface area contributed by atoms with Gasteiger partial charge in [0.1, 0.15) is 5.52 Å². The number of amides is 1. The number of hydrogen-bond donors (Lipinski definition) is 0. The van der Waals surface area contributed by atoms with E-state index in [0.29, 0.717) is 41.3 Å². The van der Waals surface area contributed by atoms with Crippen LogP contribution in [0.2, 0.25) is 5.02 Å². The molecule has 1 amide bonds. The molecule has 2 aliphatic heterocycles. The van der Waals surface area contributed by atoms with Gasteiger partial charge in [0, 0.05) is 24.7 Å². The molecule has 6 rings (SSSR count). The van der Waals surface area contributed by atoms with Crippen LogP contribution in [0.4, 0.5) is 6.01 Å². The molecule has 2 fully saturated rings. The van der Waals surface area contributed by atoms with E-state index in [9.17, 15) is 4.79 Å². The van der Waals surface area contributed by atoms with Gasteiger partial charge in [-0.25, -0.2) is 0 Å². The number of aryl methyl sites for hydroxylation is 1. The van der Waals surface area contributed by atoms with Crippen LogP contribution in [-0.2, 0) is 0 Å². The van der Waals surface area contributed by atoms with Crippen LogP contribution in [0.3, 0.4) is 0 Å². The summed E-state index contributed by atoms with van der Waals surface area (Å²) in [5.74, 6) is 0.377. The number of fused-ring (bicyclic) bond motifs is 2. The molecule has 2 aromatic carbocycles. The molecule has 2 atom stereocenters. The lowest BCUT2D eigenvalue weighted by Crippen LogP contribution is -2.45. The number of nitrogens with zero attached hydrogens (tertiary/aromatic N) is 6. The Hall–Kier alpha value is -3.39. The summed E-state index contributed by atoms with van der Waals surface area (Å²) in [6.07, 6.45) is 5.35. The summed E-state index contributed by atoms with van der Waals surface area (Å²) in [4.78, 5) is 24.0. The van der Waals surface area contributed by atoms with E-state index in [1.54, 1.807) is 12.4 Å². The van der Waals surface area contributed by atoms with Gasteiger partial charge in [0.2, 0.25) is 0 Å². The Morgan fingerprint density at radius 1 is 1.12 bits per heavy atom. The van der Waals surface area contributed by atoms with Crippen molar-refractivity contribution in [3.8, 4) is 5.69 Å². The molecular formula is C24H23ClN6O2. The predicted molar refractivity (Wildman–Crippen MR) is 125 cm³/mol. The zero-order valence-corrected chi connectivity index (χ0v) is 18.9. The number of benzene rings is 2. The summed E-state index contributed by atoms with van der Waals surface area (Å²) in [6, 6.07) is 12.0. The van der Waals surface area contributed by atoms with Crippen molar-refractivity contribution in [1.29, 1.82) is 0 Å². The quantitative estimate of drug-likeness (QED) is 0.455. The third-order valence-corrected chi connectivity index (χ3v) is 6.90. The zero-order valence-electron chi connectivity index (χ0n) is 18.2. The first kappa shape index (κ1) is 20.2. The summed E-state index contributed by atoms with van der Waals surface area (Å²) in [5, 5.41) is 9.10. The number of aromatic nitrogens is 4. The van der Waals surface area contributed by atoms with Gasteiger partial charge in [0.15, 0.2) is 5.58 Å². The molecule has 0 saturated carbocycles. The second-order valence-corrected chi connectivity index (χ2v) is 9.26. The molecule has 2 aromatic heterocycles. The molecule has 0 bridgehead atoms. The van der Waals surface area contributed by atoms with Crippen LogP contribution < -0.4 is 4.90 Å². The lowest BCUT2D eigenvalue weighted by atomic mass is 9.92. The number of hydrogen-bond acceptors (Lipinski definition) is 6. The first-order valence-corrected chi connectivity index (χ1v) is 11.5. The molecule has 4 heterocycles. The van der Waals surface area contributed by atoms with Gasteiger partial charge in [0.05, 0.1) is 29.7 Å².